The van der Waals surface area contributed by atoms with Gasteiger partial charge in [0.2, 0.25) is 0 Å². The number of benzene rings is 1. The fourth-order valence-corrected chi connectivity index (χ4v) is 4.97. The molecule has 1 aliphatic heterocycles. The van der Waals surface area contributed by atoms with Crippen LogP contribution in [0, 0.1) is 0 Å². The molecule has 2 aromatic rings. The van der Waals surface area contributed by atoms with E-state index in [2.05, 4.69) is 5.09 Å². The molecule has 0 saturated carbocycles. The summed E-state index contributed by atoms with van der Waals surface area (Å²) in [5.74, 6) is -0.560. The molecule has 0 spiro atoms. The van der Waals surface area contributed by atoms with Crippen molar-refractivity contribution in [1.29, 1.82) is 0 Å². The number of H-pyrrole nitrogens is 1. The van der Waals surface area contributed by atoms with Crippen LogP contribution in [0.15, 0.2) is 52.2 Å². The number of esters is 1. The first-order valence-electron chi connectivity index (χ1n) is 11.1. The van der Waals surface area contributed by atoms with Crippen LogP contribution in [-0.2, 0) is 23.4 Å². The van der Waals surface area contributed by atoms with Gasteiger partial charge in [-0.25, -0.2) is 13.8 Å². The lowest BCUT2D eigenvalue weighted by atomic mass is 9.98. The number of nitrogens with one attached hydrogen (secondary N) is 2. The summed E-state index contributed by atoms with van der Waals surface area (Å²) in [6.07, 6.45) is -4.21. The Morgan fingerprint density at radius 2 is 1.94 bits per heavy atom. The van der Waals surface area contributed by atoms with E-state index in [1.807, 2.05) is 4.98 Å². The minimum absolute atomic E-state index is 0.152. The fraction of sp³-hybridized carbons (Fsp3) is 0.500. The van der Waals surface area contributed by atoms with Gasteiger partial charge in [-0.2, -0.15) is 5.09 Å². The van der Waals surface area contributed by atoms with Gasteiger partial charge in [0, 0.05) is 12.3 Å². The maximum atomic E-state index is 15.4. The molecule has 2 heterocycles. The topological polar surface area (TPSA) is 158 Å². The molecule has 3 N–H and O–H groups in total. The van der Waals surface area contributed by atoms with Crippen molar-refractivity contribution >= 4 is 13.7 Å². The highest BCUT2D eigenvalue weighted by Crippen LogP contribution is 2.47. The van der Waals surface area contributed by atoms with Gasteiger partial charge in [0.25, 0.3) is 5.56 Å². The number of aliphatic hydroxyl groups is 1. The smallest absolute Gasteiger partial charge is 0.459 e. The van der Waals surface area contributed by atoms with Crippen LogP contribution in [0.5, 0.6) is 5.75 Å². The van der Waals surface area contributed by atoms with E-state index in [9.17, 15) is 24.1 Å². The predicted molar refractivity (Wildman–Crippen MR) is 125 cm³/mol. The largest absolute Gasteiger partial charge is 0.462 e. The number of nitrogens with zero attached hydrogens (tertiary/aromatic N) is 1. The van der Waals surface area contributed by atoms with Gasteiger partial charge in [-0.15, -0.1) is 0 Å². The minimum Gasteiger partial charge on any atom is -0.462 e. The highest BCUT2D eigenvalue weighted by atomic mass is 31.2. The Morgan fingerprint density at radius 1 is 1.28 bits per heavy atom. The number of carbonyl (C=O) groups is 1. The molecule has 0 amide bonds. The molecule has 1 unspecified atom stereocenters. The van der Waals surface area contributed by atoms with Crippen LogP contribution >= 0.6 is 7.75 Å². The lowest BCUT2D eigenvalue weighted by Crippen LogP contribution is -2.43. The molecular weight excluding hydrogens is 500 g/mol. The zero-order valence-electron chi connectivity index (χ0n) is 20.1. The van der Waals surface area contributed by atoms with Gasteiger partial charge in [0.15, 0.2) is 11.9 Å². The van der Waals surface area contributed by atoms with E-state index in [0.29, 0.717) is 0 Å². The molecule has 0 radical (unpaired) electrons. The molecule has 1 fully saturated rings. The molecule has 1 aliphatic rings. The van der Waals surface area contributed by atoms with Crippen molar-refractivity contribution in [2.75, 3.05) is 6.61 Å². The first-order chi connectivity index (χ1) is 16.8. The SMILES string of the molecule is CC(C)OC(=O)[C@H](C)NP(=O)(OC[C@H]1O[C@@H](n2ccc(=O)[nH]c2=O)[C@@](C)(F)[C@H]1O)Oc1ccccc1. The zero-order chi connectivity index (χ0) is 26.7. The third kappa shape index (κ3) is 6.48. The van der Waals surface area contributed by atoms with Gasteiger partial charge in [-0.05, 0) is 39.8 Å². The quantitative estimate of drug-likeness (QED) is 0.305. The number of aromatic amines is 1. The summed E-state index contributed by atoms with van der Waals surface area (Å²) in [4.78, 5) is 37.7. The number of hydrogen-bond donors (Lipinski definition) is 3. The maximum Gasteiger partial charge on any atom is 0.459 e. The van der Waals surface area contributed by atoms with Gasteiger partial charge < -0.3 is 19.1 Å². The molecule has 0 bridgehead atoms. The third-order valence-electron chi connectivity index (χ3n) is 5.26. The van der Waals surface area contributed by atoms with Gasteiger partial charge in [-0.3, -0.25) is 23.7 Å². The molecule has 1 aromatic carbocycles. The monoisotopic (exact) mass is 529 g/mol. The van der Waals surface area contributed by atoms with Crippen molar-refractivity contribution in [3.63, 3.8) is 0 Å². The number of aromatic nitrogens is 2. The second kappa shape index (κ2) is 11.1. The van der Waals surface area contributed by atoms with E-state index >= 15 is 4.39 Å². The van der Waals surface area contributed by atoms with Gasteiger partial charge in [0.1, 0.15) is 24.0 Å². The highest BCUT2D eigenvalue weighted by molar-refractivity contribution is 7.52. The van der Waals surface area contributed by atoms with E-state index in [1.165, 1.54) is 19.1 Å². The molecule has 198 valence electrons. The summed E-state index contributed by atoms with van der Waals surface area (Å²) in [5, 5.41) is 13.0. The predicted octanol–water partition coefficient (Wildman–Crippen LogP) is 1.66. The summed E-state index contributed by atoms with van der Waals surface area (Å²) < 4.78 is 51.4. The number of ether oxygens (including phenoxy) is 2. The van der Waals surface area contributed by atoms with Crippen LogP contribution in [0.3, 0.4) is 0 Å². The Bertz CT molecular complexity index is 1220. The molecule has 0 aliphatic carbocycles. The fourth-order valence-electron chi connectivity index (χ4n) is 3.47. The average molecular weight is 529 g/mol. The van der Waals surface area contributed by atoms with Gasteiger partial charge in [0.05, 0.1) is 12.7 Å². The van der Waals surface area contributed by atoms with Crippen LogP contribution in [0.2, 0.25) is 0 Å². The number of halogens is 1. The van der Waals surface area contributed by atoms with Crippen LogP contribution in [0.4, 0.5) is 4.39 Å². The number of para-hydroxylation sites is 1. The first kappa shape index (κ1) is 27.8. The van der Waals surface area contributed by atoms with Crippen molar-refractivity contribution in [2.24, 2.45) is 0 Å². The van der Waals surface area contributed by atoms with E-state index < -0.39 is 67.8 Å². The first-order valence-corrected chi connectivity index (χ1v) is 12.7. The number of rotatable bonds is 10. The minimum atomic E-state index is -4.30. The van der Waals surface area contributed by atoms with E-state index in [4.69, 9.17) is 18.5 Å². The Morgan fingerprint density at radius 3 is 2.56 bits per heavy atom. The van der Waals surface area contributed by atoms with E-state index in [1.54, 1.807) is 32.0 Å². The molecule has 1 saturated heterocycles. The molecule has 1 aromatic heterocycles. The average Bonchev–Trinajstić information content (AvgIpc) is 3.01. The van der Waals surface area contributed by atoms with Crippen molar-refractivity contribution in [3.8, 4) is 5.75 Å². The molecule has 3 rings (SSSR count). The summed E-state index contributed by atoms with van der Waals surface area (Å²) in [6, 6.07) is 7.86. The lowest BCUT2D eigenvalue weighted by molar-refractivity contribution is -0.149. The van der Waals surface area contributed by atoms with E-state index in [0.717, 1.165) is 23.8 Å². The van der Waals surface area contributed by atoms with Crippen molar-refractivity contribution in [1.82, 2.24) is 14.6 Å². The van der Waals surface area contributed by atoms with Crippen LogP contribution in [-0.4, -0.2) is 57.3 Å². The Balaban J connectivity index is 1.80. The zero-order valence-corrected chi connectivity index (χ0v) is 21.0. The molecule has 12 nitrogen and oxygen atoms in total. The van der Waals surface area contributed by atoms with Crippen molar-refractivity contribution in [2.45, 2.75) is 63.9 Å². The van der Waals surface area contributed by atoms with Crippen LogP contribution < -0.4 is 20.9 Å². The van der Waals surface area contributed by atoms with Gasteiger partial charge in [-0.1, -0.05) is 18.2 Å². The number of alkyl halides is 1. The number of carbonyl (C=O) groups excluding carboxylic acids is 1. The standard InChI is InChI=1S/C22H29FN3O9P/c1-13(2)33-19(29)14(3)25-36(31,35-15-8-6-5-7-9-15)32-12-16-18(28)22(4,23)20(34-16)26-11-10-17(27)24-21(26)30/h5-11,13-14,16,18,20,28H,12H2,1-4H3,(H,25,31)(H,24,27,30)/t14-,16+,18-,20+,22-,36?/m0/s1. The number of aliphatic hydroxyl groups excluding tert-OH is 1. The normalized spacial score (nSPS) is 26.4. The number of hydrogen-bond acceptors (Lipinski definition) is 9. The van der Waals surface area contributed by atoms with Crippen molar-refractivity contribution in [3.05, 3.63) is 63.4 Å². The van der Waals surface area contributed by atoms with Crippen molar-refractivity contribution < 1.29 is 37.4 Å². The highest BCUT2D eigenvalue weighted by Gasteiger charge is 2.55. The van der Waals surface area contributed by atoms with Crippen LogP contribution in [0.25, 0.3) is 0 Å². The summed E-state index contributed by atoms with van der Waals surface area (Å²) in [7, 11) is -4.30. The summed E-state index contributed by atoms with van der Waals surface area (Å²) in [5.41, 5.74) is -4.12. The van der Waals surface area contributed by atoms with Gasteiger partial charge >= 0.3 is 19.4 Å². The summed E-state index contributed by atoms with van der Waals surface area (Å²) >= 11 is 0. The molecule has 14 heteroatoms. The maximum absolute atomic E-state index is 15.4. The lowest BCUT2D eigenvalue weighted by Gasteiger charge is -2.25. The Labute approximate surface area is 205 Å². The molecular formula is C22H29FN3O9P. The second-order valence-corrected chi connectivity index (χ2v) is 10.4. The van der Waals surface area contributed by atoms with Crippen LogP contribution in [0.1, 0.15) is 33.9 Å². The Hall–Kier alpha value is -2.83. The molecule has 6 atom stereocenters. The third-order valence-corrected chi connectivity index (χ3v) is 6.90. The van der Waals surface area contributed by atoms with E-state index in [-0.39, 0.29) is 5.75 Å². The second-order valence-electron chi connectivity index (χ2n) is 8.67. The Kier molecular flexibility index (Phi) is 8.52. The molecule has 36 heavy (non-hydrogen) atoms. The summed E-state index contributed by atoms with van der Waals surface area (Å²) in [6.45, 7) is 5.07.